The number of nitrogens with one attached hydrogen (secondary N) is 3. The maximum atomic E-state index is 12.4. The molecule has 1 aromatic carbocycles. The molecule has 8 heteroatoms. The molecular formula is C20H32N4O3S. The van der Waals surface area contributed by atoms with E-state index in [1.165, 1.54) is 0 Å². The number of thioether (sulfide) groups is 1. The second kappa shape index (κ2) is 13.2. The molecule has 0 heterocycles. The summed E-state index contributed by atoms with van der Waals surface area (Å²) in [5.41, 5.74) is 3.44. The van der Waals surface area contributed by atoms with Crippen LogP contribution in [-0.2, 0) is 16.0 Å². The molecule has 7 nitrogen and oxygen atoms in total. The lowest BCUT2D eigenvalue weighted by Crippen LogP contribution is -2.51. The molecule has 0 radical (unpaired) electrons. The Labute approximate surface area is 171 Å². The number of nitrogens with two attached hydrogens (primary N) is 1. The third-order valence-electron chi connectivity index (χ3n) is 4.06. The lowest BCUT2D eigenvalue weighted by Gasteiger charge is -2.19. The van der Waals surface area contributed by atoms with Crippen molar-refractivity contribution in [3.63, 3.8) is 0 Å². The van der Waals surface area contributed by atoms with Gasteiger partial charge in [0.1, 0.15) is 11.8 Å². The minimum atomic E-state index is -0.635. The Hall–Kier alpha value is -2.03. The summed E-state index contributed by atoms with van der Waals surface area (Å²) in [6, 6.07) is 6.70. The van der Waals surface area contributed by atoms with Crippen LogP contribution in [0.4, 0.5) is 0 Å². The maximum absolute atomic E-state index is 12.4. The van der Waals surface area contributed by atoms with Crippen molar-refractivity contribution in [3.8, 4) is 5.75 Å². The largest absolute Gasteiger partial charge is 0.497 e. The summed E-state index contributed by atoms with van der Waals surface area (Å²) in [4.78, 5) is 24.6. The number of amides is 2. The maximum Gasteiger partial charge on any atom is 0.239 e. The normalized spacial score (nSPS) is 13.4. The van der Waals surface area contributed by atoms with E-state index in [0.29, 0.717) is 12.3 Å². The minimum absolute atomic E-state index is 0.0559. The van der Waals surface area contributed by atoms with Crippen LogP contribution in [0.5, 0.6) is 5.75 Å². The number of hydrogen-bond acceptors (Lipinski definition) is 6. The summed E-state index contributed by atoms with van der Waals surface area (Å²) in [6.07, 6.45) is 5.17. The van der Waals surface area contributed by atoms with Crippen LogP contribution in [0.3, 0.4) is 0 Å². The van der Waals surface area contributed by atoms with Crippen molar-refractivity contribution in [3.05, 3.63) is 41.3 Å². The number of rotatable bonds is 12. The Morgan fingerprint density at radius 1 is 1.25 bits per heavy atom. The van der Waals surface area contributed by atoms with Crippen molar-refractivity contribution in [1.29, 1.82) is 0 Å². The molecule has 0 aliphatic heterocycles. The first-order valence-corrected chi connectivity index (χ1v) is 10.5. The topological polar surface area (TPSA) is 105 Å². The Kier molecular flexibility index (Phi) is 11.3. The molecule has 0 bridgehead atoms. The molecule has 28 heavy (non-hydrogen) atoms. The highest BCUT2D eigenvalue weighted by atomic mass is 32.2. The molecule has 0 aromatic heterocycles. The zero-order chi connectivity index (χ0) is 20.9. The van der Waals surface area contributed by atoms with Crippen molar-refractivity contribution in [2.75, 3.05) is 19.9 Å². The Morgan fingerprint density at radius 3 is 2.46 bits per heavy atom. The average molecular weight is 409 g/mol. The van der Waals surface area contributed by atoms with Crippen LogP contribution < -0.4 is 26.6 Å². The second-order valence-electron chi connectivity index (χ2n) is 6.86. The van der Waals surface area contributed by atoms with Crippen LogP contribution in [-0.4, -0.2) is 43.8 Å². The summed E-state index contributed by atoms with van der Waals surface area (Å²) >= 11 is 1.58. The Balaban J connectivity index is 2.54. The van der Waals surface area contributed by atoms with Crippen molar-refractivity contribution in [2.45, 2.75) is 38.8 Å². The van der Waals surface area contributed by atoms with Gasteiger partial charge in [0.25, 0.3) is 0 Å². The van der Waals surface area contributed by atoms with Crippen LogP contribution in [0.2, 0.25) is 0 Å². The van der Waals surface area contributed by atoms with Gasteiger partial charge in [-0.2, -0.15) is 0 Å². The molecule has 5 N–H and O–H groups in total. The highest BCUT2D eigenvalue weighted by Gasteiger charge is 2.19. The zero-order valence-electron chi connectivity index (χ0n) is 17.0. The fourth-order valence-corrected chi connectivity index (χ4v) is 2.99. The average Bonchev–Trinajstić information content (AvgIpc) is 2.68. The summed E-state index contributed by atoms with van der Waals surface area (Å²) in [5.74, 6) is 6.16. The number of carbonyl (C=O) groups is 2. The quantitative estimate of drug-likeness (QED) is 0.309. The third-order valence-corrected chi connectivity index (χ3v) is 4.49. The first-order chi connectivity index (χ1) is 13.4. The van der Waals surface area contributed by atoms with Crippen molar-refractivity contribution in [2.24, 2.45) is 11.8 Å². The number of hydrogen-bond donors (Lipinski definition) is 4. The molecule has 2 amide bonds. The van der Waals surface area contributed by atoms with E-state index in [4.69, 9.17) is 10.6 Å². The predicted molar refractivity (Wildman–Crippen MR) is 115 cm³/mol. The van der Waals surface area contributed by atoms with E-state index in [2.05, 4.69) is 29.9 Å². The molecule has 0 fully saturated rings. The molecule has 0 aliphatic rings. The predicted octanol–water partition coefficient (Wildman–Crippen LogP) is 1.59. The fraction of sp³-hybridized carbons (Fsp3) is 0.500. The van der Waals surface area contributed by atoms with Gasteiger partial charge in [-0.3, -0.25) is 15.4 Å². The van der Waals surface area contributed by atoms with Gasteiger partial charge in [0.2, 0.25) is 11.8 Å². The van der Waals surface area contributed by atoms with Crippen molar-refractivity contribution in [1.82, 2.24) is 16.1 Å². The smallest absolute Gasteiger partial charge is 0.239 e. The van der Waals surface area contributed by atoms with E-state index in [0.717, 1.165) is 17.7 Å². The van der Waals surface area contributed by atoms with Crippen molar-refractivity contribution >= 4 is 23.6 Å². The van der Waals surface area contributed by atoms with Gasteiger partial charge >= 0.3 is 0 Å². The number of ether oxygens (including phenoxy) is 1. The second-order valence-corrected chi connectivity index (χ2v) is 7.60. The Morgan fingerprint density at radius 2 is 1.93 bits per heavy atom. The van der Waals surface area contributed by atoms with Gasteiger partial charge in [-0.05, 0) is 48.1 Å². The van der Waals surface area contributed by atoms with Crippen LogP contribution in [0.1, 0.15) is 25.8 Å². The van der Waals surface area contributed by atoms with Gasteiger partial charge in [0.15, 0.2) is 0 Å². The highest BCUT2D eigenvalue weighted by Crippen LogP contribution is 2.12. The van der Waals surface area contributed by atoms with E-state index >= 15 is 0 Å². The first-order valence-electron chi connectivity index (χ1n) is 9.25. The molecule has 0 saturated heterocycles. The molecular weight excluding hydrogens is 376 g/mol. The Bertz CT molecular complexity index is 635. The minimum Gasteiger partial charge on any atom is -0.497 e. The number of carbonyl (C=O) groups excluding carboxylic acids is 2. The van der Waals surface area contributed by atoms with Crippen molar-refractivity contribution < 1.29 is 14.3 Å². The molecule has 1 rings (SSSR count). The summed E-state index contributed by atoms with van der Waals surface area (Å²) < 4.78 is 5.12. The van der Waals surface area contributed by atoms with E-state index in [1.54, 1.807) is 18.9 Å². The van der Waals surface area contributed by atoms with E-state index in [9.17, 15) is 9.59 Å². The van der Waals surface area contributed by atoms with E-state index < -0.39 is 6.04 Å². The SMILES string of the molecule is COc1ccc(CC(NN)C(=O)NCC(=O)NC(/C=C/SC)CC(C)C)cc1. The van der Waals surface area contributed by atoms with Crippen LogP contribution in [0.15, 0.2) is 35.7 Å². The molecule has 0 aliphatic carbocycles. The van der Waals surface area contributed by atoms with Gasteiger partial charge in [0, 0.05) is 6.04 Å². The molecule has 2 unspecified atom stereocenters. The monoisotopic (exact) mass is 408 g/mol. The van der Waals surface area contributed by atoms with Gasteiger partial charge < -0.3 is 15.4 Å². The van der Waals surface area contributed by atoms with Crippen LogP contribution in [0, 0.1) is 5.92 Å². The van der Waals surface area contributed by atoms with Gasteiger partial charge in [0.05, 0.1) is 13.7 Å². The number of hydrazine groups is 1. The van der Waals surface area contributed by atoms with Crippen LogP contribution >= 0.6 is 11.8 Å². The van der Waals surface area contributed by atoms with Gasteiger partial charge in [-0.1, -0.05) is 32.1 Å². The number of benzene rings is 1. The highest BCUT2D eigenvalue weighted by molar-refractivity contribution is 8.01. The molecule has 0 spiro atoms. The lowest BCUT2D eigenvalue weighted by molar-refractivity contribution is -0.127. The number of methoxy groups -OCH3 is 1. The lowest BCUT2D eigenvalue weighted by atomic mass is 10.0. The molecule has 0 saturated carbocycles. The summed E-state index contributed by atoms with van der Waals surface area (Å²) in [6.45, 7) is 4.11. The van der Waals surface area contributed by atoms with Crippen LogP contribution in [0.25, 0.3) is 0 Å². The third kappa shape index (κ3) is 9.25. The van der Waals surface area contributed by atoms with E-state index in [-0.39, 0.29) is 24.4 Å². The first kappa shape index (κ1) is 24.0. The van der Waals surface area contributed by atoms with E-state index in [1.807, 2.05) is 42.0 Å². The standard InChI is InChI=1S/C20H32N4O3S/c1-14(2)11-16(9-10-28-4)23-19(25)13-22-20(26)18(24-21)12-15-5-7-17(27-3)8-6-15/h5-10,14,16,18,24H,11-13,21H2,1-4H3,(H,22,26)(H,23,25)/b10-9+. The van der Waals surface area contributed by atoms with Gasteiger partial charge in [-0.15, -0.1) is 11.8 Å². The molecule has 2 atom stereocenters. The van der Waals surface area contributed by atoms with Gasteiger partial charge in [-0.25, -0.2) is 5.43 Å². The zero-order valence-corrected chi connectivity index (χ0v) is 17.8. The summed E-state index contributed by atoms with van der Waals surface area (Å²) in [7, 11) is 1.60. The molecule has 156 valence electrons. The fourth-order valence-electron chi connectivity index (χ4n) is 2.64. The summed E-state index contributed by atoms with van der Waals surface area (Å²) in [5, 5.41) is 7.54. The molecule has 1 aromatic rings.